The number of hydroxylamine groups is 2. The van der Waals surface area contributed by atoms with E-state index in [9.17, 15) is 19.8 Å². The van der Waals surface area contributed by atoms with Crippen molar-refractivity contribution in [3.05, 3.63) is 41.7 Å². The summed E-state index contributed by atoms with van der Waals surface area (Å²) in [4.78, 5) is 32.1. The zero-order valence-corrected chi connectivity index (χ0v) is 20.3. The number of carbonyl (C=O) groups excluding carboxylic acids is 2. The van der Waals surface area contributed by atoms with Crippen LogP contribution in [0.4, 0.5) is 5.88 Å². The number of anilines is 1. The van der Waals surface area contributed by atoms with Crippen molar-refractivity contribution in [1.82, 2.24) is 5.06 Å². The molecular weight excluding hydrogens is 448 g/mol. The monoisotopic (exact) mass is 482 g/mol. The minimum atomic E-state index is -1.19. The fourth-order valence-corrected chi connectivity index (χ4v) is 8.81. The van der Waals surface area contributed by atoms with Crippen molar-refractivity contribution in [2.75, 3.05) is 18.9 Å². The summed E-state index contributed by atoms with van der Waals surface area (Å²) in [5, 5.41) is 23.5. The van der Waals surface area contributed by atoms with Gasteiger partial charge in [-0.15, -0.1) is 0 Å². The van der Waals surface area contributed by atoms with Gasteiger partial charge in [0.2, 0.25) is 0 Å². The topological polar surface area (TPSA) is 126 Å². The van der Waals surface area contributed by atoms with E-state index < -0.39 is 23.7 Å². The number of rotatable bonds is 4. The van der Waals surface area contributed by atoms with Gasteiger partial charge in [-0.2, -0.15) is 5.06 Å². The second kappa shape index (κ2) is 7.62. The van der Waals surface area contributed by atoms with Gasteiger partial charge in [0.1, 0.15) is 12.4 Å². The Kier molecular flexibility index (Phi) is 5.04. The molecular formula is C27H34N2O6. The van der Waals surface area contributed by atoms with Gasteiger partial charge >= 0.3 is 0 Å². The quantitative estimate of drug-likeness (QED) is 0.597. The fourth-order valence-electron chi connectivity index (χ4n) is 8.81. The normalized spacial score (nSPS) is 44.4. The summed E-state index contributed by atoms with van der Waals surface area (Å²) in [6, 6.07) is 3.48. The SMILES string of the molecule is CC12C=CC(=O)C=C1CCC1C2C(O)CC2(C)C1C[C@H]1CN(Cc3ccc(N)o3)O[C@]12C(=O)CO. The largest absolute Gasteiger partial charge is 0.445 e. The second-order valence-corrected chi connectivity index (χ2v) is 11.7. The van der Waals surface area contributed by atoms with Crippen molar-refractivity contribution in [3.63, 3.8) is 0 Å². The first-order chi connectivity index (χ1) is 16.6. The fraction of sp³-hybridized carbons (Fsp3) is 0.630. The molecule has 4 N–H and O–H groups in total. The summed E-state index contributed by atoms with van der Waals surface area (Å²) < 4.78 is 5.52. The van der Waals surface area contributed by atoms with Crippen LogP contribution in [-0.2, 0) is 21.0 Å². The van der Waals surface area contributed by atoms with E-state index in [2.05, 4.69) is 13.8 Å². The average molecular weight is 483 g/mol. The minimum absolute atomic E-state index is 0.0146. The molecule has 6 rings (SSSR count). The van der Waals surface area contributed by atoms with E-state index >= 15 is 0 Å². The zero-order chi connectivity index (χ0) is 24.8. The number of nitrogens with two attached hydrogens (primary N) is 1. The zero-order valence-electron chi connectivity index (χ0n) is 20.3. The lowest BCUT2D eigenvalue weighted by Crippen LogP contribution is -2.63. The number of aliphatic hydroxyl groups excluding tert-OH is 2. The molecule has 1 aromatic rings. The molecule has 0 amide bonds. The lowest BCUT2D eigenvalue weighted by molar-refractivity contribution is -0.255. The third kappa shape index (κ3) is 3.00. The number of aliphatic hydroxyl groups is 2. The summed E-state index contributed by atoms with van der Waals surface area (Å²) in [6.45, 7) is 4.52. The number of carbonyl (C=O) groups is 2. The highest BCUT2D eigenvalue weighted by Crippen LogP contribution is 2.70. The molecule has 8 nitrogen and oxygen atoms in total. The maximum absolute atomic E-state index is 13.5. The first-order valence-corrected chi connectivity index (χ1v) is 12.7. The first kappa shape index (κ1) is 23.2. The lowest BCUT2D eigenvalue weighted by Gasteiger charge is -2.59. The molecule has 6 unspecified atom stereocenters. The second-order valence-electron chi connectivity index (χ2n) is 11.7. The van der Waals surface area contributed by atoms with E-state index in [0.717, 1.165) is 24.8 Å². The molecule has 5 aliphatic rings. The van der Waals surface area contributed by atoms with Crippen LogP contribution in [0, 0.1) is 34.5 Å². The molecule has 0 radical (unpaired) electrons. The Morgan fingerprint density at radius 1 is 1.31 bits per heavy atom. The van der Waals surface area contributed by atoms with Crippen LogP contribution in [-0.4, -0.2) is 51.7 Å². The van der Waals surface area contributed by atoms with Gasteiger partial charge in [0, 0.05) is 35.3 Å². The Hall–Kier alpha value is -2.26. The molecule has 0 aromatic carbocycles. The molecule has 4 fully saturated rings. The first-order valence-electron chi connectivity index (χ1n) is 12.7. The summed E-state index contributed by atoms with van der Waals surface area (Å²) in [5.41, 5.74) is 4.65. The molecule has 1 aromatic heterocycles. The Balaban J connectivity index is 1.36. The number of fused-ring (bicyclic) bond motifs is 7. The number of nitrogen functional groups attached to an aromatic ring is 1. The average Bonchev–Trinajstić information content (AvgIpc) is 3.45. The third-order valence-corrected chi connectivity index (χ3v) is 10.1. The maximum Gasteiger partial charge on any atom is 0.192 e. The number of hydrogen-bond acceptors (Lipinski definition) is 8. The van der Waals surface area contributed by atoms with Crippen LogP contribution in [0.3, 0.4) is 0 Å². The van der Waals surface area contributed by atoms with Crippen LogP contribution in [0.1, 0.15) is 45.3 Å². The van der Waals surface area contributed by atoms with Crippen LogP contribution in [0.25, 0.3) is 0 Å². The Bertz CT molecular complexity index is 1140. The summed E-state index contributed by atoms with van der Waals surface area (Å²) >= 11 is 0. The Labute approximate surface area is 204 Å². The van der Waals surface area contributed by atoms with Crippen LogP contribution in [0.5, 0.6) is 0 Å². The molecule has 1 aliphatic heterocycles. The molecule has 1 saturated heterocycles. The van der Waals surface area contributed by atoms with Crippen LogP contribution < -0.4 is 5.73 Å². The number of nitrogens with zero attached hydrogens (tertiary/aromatic N) is 1. The van der Waals surface area contributed by atoms with E-state index in [0.29, 0.717) is 31.2 Å². The van der Waals surface area contributed by atoms with Gasteiger partial charge in [-0.05, 0) is 55.7 Å². The number of hydrogen-bond donors (Lipinski definition) is 3. The van der Waals surface area contributed by atoms with E-state index in [1.165, 1.54) is 0 Å². The predicted molar refractivity (Wildman–Crippen MR) is 126 cm³/mol. The Morgan fingerprint density at radius 2 is 2.11 bits per heavy atom. The highest BCUT2D eigenvalue weighted by atomic mass is 16.7. The van der Waals surface area contributed by atoms with E-state index in [-0.39, 0.29) is 40.7 Å². The number of Topliss-reactive ketones (excluding diaryl/α,β-unsaturated/α-hetero) is 1. The summed E-state index contributed by atoms with van der Waals surface area (Å²) in [6.07, 6.45) is 7.61. The van der Waals surface area contributed by atoms with Crippen LogP contribution >= 0.6 is 0 Å². The smallest absolute Gasteiger partial charge is 0.192 e. The lowest BCUT2D eigenvalue weighted by atomic mass is 9.46. The van der Waals surface area contributed by atoms with Gasteiger partial charge in [0.05, 0.1) is 12.6 Å². The molecule has 8 atom stereocenters. The molecule has 0 spiro atoms. The van der Waals surface area contributed by atoms with Crippen molar-refractivity contribution < 1.29 is 29.1 Å². The van der Waals surface area contributed by atoms with Crippen molar-refractivity contribution in [2.45, 2.75) is 57.8 Å². The molecule has 2 heterocycles. The molecule has 0 bridgehead atoms. The standard InChI is InChI=1S/C27H34N2O6/c1-25-8-7-17(31)9-15(25)3-5-19-20-10-16-12-29(13-18-4-6-23(28)34-18)35-27(16,22(33)14-30)26(20,2)11-21(32)24(19)25/h4,6-9,16,19-21,24,30,32H,3,5,10-14,28H2,1-2H3/t16-,19?,20?,21?,24?,25?,26?,27-/m0/s1. The molecule has 4 aliphatic carbocycles. The third-order valence-electron chi connectivity index (χ3n) is 10.1. The van der Waals surface area contributed by atoms with Crippen molar-refractivity contribution in [1.29, 1.82) is 0 Å². The van der Waals surface area contributed by atoms with Crippen LogP contribution in [0.15, 0.2) is 40.4 Å². The summed E-state index contributed by atoms with van der Waals surface area (Å²) in [5.74, 6) is 0.924. The van der Waals surface area contributed by atoms with Gasteiger partial charge in [-0.1, -0.05) is 25.5 Å². The number of furan rings is 1. The molecule has 8 heteroatoms. The highest BCUT2D eigenvalue weighted by Gasteiger charge is 2.75. The molecule has 188 valence electrons. The predicted octanol–water partition coefficient (Wildman–Crippen LogP) is 2.41. The van der Waals surface area contributed by atoms with Gasteiger partial charge in [0.15, 0.2) is 23.1 Å². The van der Waals surface area contributed by atoms with E-state index in [1.807, 2.05) is 6.08 Å². The van der Waals surface area contributed by atoms with Gasteiger partial charge < -0.3 is 20.4 Å². The number of allylic oxidation sites excluding steroid dienone is 4. The Morgan fingerprint density at radius 3 is 2.83 bits per heavy atom. The maximum atomic E-state index is 13.5. The summed E-state index contributed by atoms with van der Waals surface area (Å²) in [7, 11) is 0. The van der Waals surface area contributed by atoms with Crippen molar-refractivity contribution >= 4 is 17.5 Å². The van der Waals surface area contributed by atoms with Gasteiger partial charge in [0.25, 0.3) is 0 Å². The van der Waals surface area contributed by atoms with Crippen LogP contribution in [0.2, 0.25) is 0 Å². The highest BCUT2D eigenvalue weighted by molar-refractivity contribution is 6.01. The minimum Gasteiger partial charge on any atom is -0.445 e. The van der Waals surface area contributed by atoms with Gasteiger partial charge in [-0.25, -0.2) is 0 Å². The molecule has 35 heavy (non-hydrogen) atoms. The molecule has 3 saturated carbocycles. The van der Waals surface area contributed by atoms with E-state index in [4.69, 9.17) is 15.0 Å². The van der Waals surface area contributed by atoms with Crippen molar-refractivity contribution in [2.24, 2.45) is 34.5 Å². The van der Waals surface area contributed by atoms with Gasteiger partial charge in [-0.3, -0.25) is 14.4 Å². The van der Waals surface area contributed by atoms with Crippen molar-refractivity contribution in [3.8, 4) is 0 Å². The number of ketones is 2. The van der Waals surface area contributed by atoms with E-state index in [1.54, 1.807) is 29.3 Å².